The third-order valence-corrected chi connectivity index (χ3v) is 4.49. The molecule has 0 spiro atoms. The minimum atomic E-state index is 0.0288. The van der Waals surface area contributed by atoms with Crippen molar-refractivity contribution in [2.24, 2.45) is 0 Å². The lowest BCUT2D eigenvalue weighted by Crippen LogP contribution is -2.07. The number of rotatable bonds is 1. The van der Waals surface area contributed by atoms with Gasteiger partial charge in [-0.05, 0) is 42.8 Å². The first-order valence-electron chi connectivity index (χ1n) is 8.60. The largest absolute Gasteiger partial charge is 0.457 e. The third-order valence-electron chi connectivity index (χ3n) is 4.49. The third kappa shape index (κ3) is 3.02. The van der Waals surface area contributed by atoms with Gasteiger partial charge in [-0.25, -0.2) is 0 Å². The number of nitrogens with two attached hydrogens (primary N) is 1. The Labute approximate surface area is 162 Å². The number of allylic oxidation sites excluding steroid dienone is 6. The molecular formula is C23H15N3O2. The average Bonchev–Trinajstić information content (AvgIpc) is 2.68. The minimum absolute atomic E-state index is 0.0288. The van der Waals surface area contributed by atoms with Crippen molar-refractivity contribution in [2.75, 3.05) is 5.73 Å². The van der Waals surface area contributed by atoms with Crippen LogP contribution in [0.4, 0.5) is 5.69 Å². The van der Waals surface area contributed by atoms with Crippen LogP contribution in [0, 0.1) is 22.7 Å². The molecule has 0 saturated heterocycles. The first-order valence-corrected chi connectivity index (χ1v) is 8.60. The van der Waals surface area contributed by atoms with E-state index < -0.39 is 0 Å². The summed E-state index contributed by atoms with van der Waals surface area (Å²) in [5, 5.41) is 18.6. The highest BCUT2D eigenvalue weighted by atomic mass is 16.5. The highest BCUT2D eigenvalue weighted by molar-refractivity contribution is 5.87. The van der Waals surface area contributed by atoms with E-state index in [4.69, 9.17) is 15.2 Å². The Morgan fingerprint density at radius 2 is 1.75 bits per heavy atom. The van der Waals surface area contributed by atoms with Crippen molar-refractivity contribution >= 4 is 16.8 Å². The number of nitrogens with zero attached hydrogens (tertiary/aromatic N) is 2. The molecule has 2 aliphatic heterocycles. The van der Waals surface area contributed by atoms with Gasteiger partial charge in [0.25, 0.3) is 0 Å². The molecule has 2 N–H and O–H groups in total. The van der Waals surface area contributed by atoms with Gasteiger partial charge in [0.15, 0.2) is 0 Å². The van der Waals surface area contributed by atoms with Gasteiger partial charge in [0.2, 0.25) is 0 Å². The van der Waals surface area contributed by atoms with Gasteiger partial charge in [0.1, 0.15) is 40.7 Å². The molecule has 0 saturated carbocycles. The summed E-state index contributed by atoms with van der Waals surface area (Å²) in [6, 6.07) is 16.7. The van der Waals surface area contributed by atoms with Crippen LogP contribution in [0.15, 0.2) is 77.8 Å². The Morgan fingerprint density at radius 3 is 2.54 bits per heavy atom. The summed E-state index contributed by atoms with van der Waals surface area (Å²) < 4.78 is 11.9. The lowest BCUT2D eigenvalue weighted by atomic mass is 9.97. The molecule has 0 amide bonds. The van der Waals surface area contributed by atoms with Crippen LogP contribution < -0.4 is 15.2 Å². The van der Waals surface area contributed by atoms with Crippen molar-refractivity contribution < 1.29 is 9.47 Å². The van der Waals surface area contributed by atoms with Crippen LogP contribution in [-0.4, -0.2) is 0 Å². The number of nitriles is 2. The van der Waals surface area contributed by atoms with E-state index in [1.807, 2.05) is 55.5 Å². The van der Waals surface area contributed by atoms with Gasteiger partial charge in [-0.3, -0.25) is 0 Å². The smallest absolute Gasteiger partial charge is 0.137 e. The zero-order chi connectivity index (χ0) is 19.7. The fourth-order valence-electron chi connectivity index (χ4n) is 3.19. The Bertz CT molecular complexity index is 1190. The van der Waals surface area contributed by atoms with Gasteiger partial charge in [-0.2, -0.15) is 10.5 Å². The molecule has 5 heteroatoms. The first kappa shape index (κ1) is 17.2. The van der Waals surface area contributed by atoms with Crippen molar-refractivity contribution in [1.29, 1.82) is 10.5 Å². The molecule has 0 unspecified atom stereocenters. The second-order valence-electron chi connectivity index (χ2n) is 6.39. The van der Waals surface area contributed by atoms with Gasteiger partial charge in [-0.15, -0.1) is 0 Å². The van der Waals surface area contributed by atoms with Gasteiger partial charge in [0, 0.05) is 34.5 Å². The number of ether oxygens (including phenoxy) is 2. The number of benzene rings is 2. The number of para-hydroxylation sites is 1. The summed E-state index contributed by atoms with van der Waals surface area (Å²) >= 11 is 0. The average molecular weight is 365 g/mol. The maximum Gasteiger partial charge on any atom is 0.137 e. The monoisotopic (exact) mass is 365 g/mol. The van der Waals surface area contributed by atoms with Crippen molar-refractivity contribution in [1.82, 2.24) is 0 Å². The van der Waals surface area contributed by atoms with E-state index in [1.54, 1.807) is 24.3 Å². The van der Waals surface area contributed by atoms with Crippen LogP contribution in [0.1, 0.15) is 18.1 Å². The zero-order valence-electron chi connectivity index (χ0n) is 15.1. The lowest BCUT2D eigenvalue weighted by molar-refractivity contribution is 0.413. The van der Waals surface area contributed by atoms with E-state index in [-0.39, 0.29) is 5.57 Å². The van der Waals surface area contributed by atoms with Gasteiger partial charge < -0.3 is 15.2 Å². The van der Waals surface area contributed by atoms with Crippen molar-refractivity contribution in [2.45, 2.75) is 6.92 Å². The molecule has 0 aliphatic carbocycles. The Kier molecular flexibility index (Phi) is 4.20. The molecule has 0 radical (unpaired) electrons. The number of hydrogen-bond donors (Lipinski definition) is 1. The molecule has 2 aromatic carbocycles. The van der Waals surface area contributed by atoms with E-state index in [0.29, 0.717) is 39.8 Å². The van der Waals surface area contributed by atoms with Crippen LogP contribution >= 0.6 is 0 Å². The summed E-state index contributed by atoms with van der Waals surface area (Å²) in [5.74, 6) is 2.31. The maximum absolute atomic E-state index is 9.32. The predicted octanol–water partition coefficient (Wildman–Crippen LogP) is 4.73. The molecule has 2 heterocycles. The zero-order valence-corrected chi connectivity index (χ0v) is 15.1. The Morgan fingerprint density at radius 1 is 0.964 bits per heavy atom. The lowest BCUT2D eigenvalue weighted by Gasteiger charge is -2.21. The van der Waals surface area contributed by atoms with E-state index >= 15 is 0 Å². The first-order chi connectivity index (χ1) is 13.6. The van der Waals surface area contributed by atoms with E-state index in [1.165, 1.54) is 0 Å². The van der Waals surface area contributed by atoms with Crippen molar-refractivity contribution in [3.8, 4) is 23.6 Å². The van der Waals surface area contributed by atoms with E-state index in [0.717, 1.165) is 11.1 Å². The minimum Gasteiger partial charge on any atom is -0.457 e. The molecule has 4 rings (SSSR count). The quantitative estimate of drug-likeness (QED) is 0.583. The molecule has 0 fully saturated rings. The van der Waals surface area contributed by atoms with Crippen LogP contribution in [0.2, 0.25) is 0 Å². The molecule has 0 aromatic heterocycles. The second kappa shape index (κ2) is 6.83. The second-order valence-corrected chi connectivity index (χ2v) is 6.39. The topological polar surface area (TPSA) is 92.1 Å². The molecular weight excluding hydrogens is 350 g/mol. The molecule has 2 aromatic rings. The fourth-order valence-corrected chi connectivity index (χ4v) is 3.19. The van der Waals surface area contributed by atoms with E-state index in [9.17, 15) is 10.5 Å². The summed E-state index contributed by atoms with van der Waals surface area (Å²) in [6.07, 6.45) is 5.32. The Balaban J connectivity index is 1.79. The molecule has 0 atom stereocenters. The highest BCUT2D eigenvalue weighted by Gasteiger charge is 2.20. The van der Waals surface area contributed by atoms with Crippen LogP contribution in [-0.2, 0) is 0 Å². The molecule has 28 heavy (non-hydrogen) atoms. The summed E-state index contributed by atoms with van der Waals surface area (Å²) in [5.41, 5.74) is 9.77. The molecule has 5 nitrogen and oxygen atoms in total. The van der Waals surface area contributed by atoms with E-state index in [2.05, 4.69) is 0 Å². The normalized spacial score (nSPS) is 15.7. The number of fused-ring (bicyclic) bond motifs is 2. The number of hydrogen-bond acceptors (Lipinski definition) is 5. The van der Waals surface area contributed by atoms with Crippen LogP contribution in [0.25, 0.3) is 11.1 Å². The number of nitrogen functional groups attached to an aromatic ring is 1. The highest BCUT2D eigenvalue weighted by Crippen LogP contribution is 2.38. The van der Waals surface area contributed by atoms with Gasteiger partial charge in [0.05, 0.1) is 0 Å². The van der Waals surface area contributed by atoms with Gasteiger partial charge in [-0.1, -0.05) is 18.2 Å². The van der Waals surface area contributed by atoms with Crippen molar-refractivity contribution in [3.05, 3.63) is 88.9 Å². The van der Waals surface area contributed by atoms with Gasteiger partial charge >= 0.3 is 0 Å². The SMILES string of the molecule is CC1=C/C(=C\C2=CC(=C(C#N)C#N)c3ccccc3O2)Oc2cc(N)ccc21. The fraction of sp³-hybridized carbons (Fsp3) is 0.0435. The summed E-state index contributed by atoms with van der Waals surface area (Å²) in [6.45, 7) is 1.99. The maximum atomic E-state index is 9.32. The predicted molar refractivity (Wildman–Crippen MR) is 107 cm³/mol. The molecule has 134 valence electrons. The van der Waals surface area contributed by atoms with Crippen LogP contribution in [0.5, 0.6) is 11.5 Å². The number of anilines is 1. The molecule has 0 bridgehead atoms. The van der Waals surface area contributed by atoms with Crippen molar-refractivity contribution in [3.63, 3.8) is 0 Å². The standard InChI is InChI=1S/C23H15N3O2/c1-14-8-17(28-23-9-16(26)6-7-19(14)23)10-18-11-21(15(12-24)13-25)20-4-2-3-5-22(20)27-18/h2-11H,26H2,1H3/b17-10+. The molecule has 2 aliphatic rings. The summed E-state index contributed by atoms with van der Waals surface area (Å²) in [4.78, 5) is 0. The van der Waals surface area contributed by atoms with Crippen LogP contribution in [0.3, 0.4) is 0 Å². The summed E-state index contributed by atoms with van der Waals surface area (Å²) in [7, 11) is 0. The Hall–Kier alpha value is -4.22.